The SMILES string of the molecule is CSCC(C)N(C)C(=O)N(CCC(=O)O)C(C)(C)C. The van der Waals surface area contributed by atoms with E-state index in [0.29, 0.717) is 0 Å². The quantitative estimate of drug-likeness (QED) is 0.816. The number of hydrogen-bond donors (Lipinski definition) is 1. The summed E-state index contributed by atoms with van der Waals surface area (Å²) in [5, 5.41) is 8.79. The minimum atomic E-state index is -0.887. The Bertz CT molecular complexity index is 316. The van der Waals surface area contributed by atoms with Crippen molar-refractivity contribution in [3.05, 3.63) is 0 Å². The number of thioether (sulfide) groups is 1. The summed E-state index contributed by atoms with van der Waals surface area (Å²) >= 11 is 1.69. The molecule has 1 N–H and O–H groups in total. The van der Waals surface area contributed by atoms with E-state index in [2.05, 4.69) is 0 Å². The summed E-state index contributed by atoms with van der Waals surface area (Å²) in [6.45, 7) is 7.97. The summed E-state index contributed by atoms with van der Waals surface area (Å²) in [6.07, 6.45) is 1.97. The molecule has 6 heteroatoms. The molecule has 0 spiro atoms. The first-order chi connectivity index (χ1) is 8.61. The topological polar surface area (TPSA) is 60.9 Å². The van der Waals surface area contributed by atoms with Gasteiger partial charge >= 0.3 is 12.0 Å². The van der Waals surface area contributed by atoms with E-state index in [0.717, 1.165) is 5.75 Å². The predicted molar refractivity (Wildman–Crippen MR) is 79.7 cm³/mol. The third kappa shape index (κ3) is 6.18. The van der Waals surface area contributed by atoms with E-state index in [4.69, 9.17) is 5.11 Å². The van der Waals surface area contributed by atoms with Crippen LogP contribution < -0.4 is 0 Å². The van der Waals surface area contributed by atoms with Gasteiger partial charge in [-0.2, -0.15) is 11.8 Å². The van der Waals surface area contributed by atoms with E-state index >= 15 is 0 Å². The van der Waals surface area contributed by atoms with Crippen molar-refractivity contribution in [3.8, 4) is 0 Å². The van der Waals surface area contributed by atoms with Crippen LogP contribution in [-0.4, -0.2) is 64.1 Å². The third-order valence-electron chi connectivity index (χ3n) is 2.96. The van der Waals surface area contributed by atoms with E-state index in [1.807, 2.05) is 34.0 Å². The standard InChI is InChI=1S/C13H26N2O3S/c1-10(9-19-6)14(5)12(18)15(13(2,3)4)8-7-11(16)17/h10H,7-9H2,1-6H3,(H,16,17). The van der Waals surface area contributed by atoms with Crippen molar-refractivity contribution >= 4 is 23.8 Å². The Morgan fingerprint density at radius 2 is 1.84 bits per heavy atom. The lowest BCUT2D eigenvalue weighted by molar-refractivity contribution is -0.137. The molecular weight excluding hydrogens is 264 g/mol. The molecule has 0 bridgehead atoms. The Balaban J connectivity index is 4.85. The molecule has 1 atom stereocenters. The number of amides is 2. The van der Waals surface area contributed by atoms with Crippen LogP contribution in [0.2, 0.25) is 0 Å². The van der Waals surface area contributed by atoms with Gasteiger partial charge in [-0.3, -0.25) is 4.79 Å². The van der Waals surface area contributed by atoms with Gasteiger partial charge in [0.05, 0.1) is 6.42 Å². The van der Waals surface area contributed by atoms with Crippen LogP contribution in [0.25, 0.3) is 0 Å². The van der Waals surface area contributed by atoms with Crippen LogP contribution >= 0.6 is 11.8 Å². The number of carbonyl (C=O) groups excluding carboxylic acids is 1. The van der Waals surface area contributed by atoms with Crippen molar-refractivity contribution in [1.82, 2.24) is 9.80 Å². The highest BCUT2D eigenvalue weighted by Crippen LogP contribution is 2.17. The first-order valence-corrected chi connectivity index (χ1v) is 7.75. The summed E-state index contributed by atoms with van der Waals surface area (Å²) in [7, 11) is 1.77. The average Bonchev–Trinajstić information content (AvgIpc) is 2.26. The van der Waals surface area contributed by atoms with Gasteiger partial charge in [0.15, 0.2) is 0 Å². The minimum absolute atomic E-state index is 0.0340. The number of hydrogen-bond acceptors (Lipinski definition) is 3. The zero-order chi connectivity index (χ0) is 15.2. The fourth-order valence-electron chi connectivity index (χ4n) is 1.66. The number of aliphatic carboxylic acids is 1. The molecule has 0 fully saturated rings. The van der Waals surface area contributed by atoms with Gasteiger partial charge in [0.1, 0.15) is 0 Å². The van der Waals surface area contributed by atoms with E-state index < -0.39 is 5.97 Å². The number of carbonyl (C=O) groups is 2. The fraction of sp³-hybridized carbons (Fsp3) is 0.846. The van der Waals surface area contributed by atoms with Crippen LogP contribution in [0.3, 0.4) is 0 Å². The summed E-state index contributed by atoms with van der Waals surface area (Å²) in [4.78, 5) is 26.5. The fourth-order valence-corrected chi connectivity index (χ4v) is 2.36. The van der Waals surface area contributed by atoms with E-state index in [-0.39, 0.29) is 30.6 Å². The lowest BCUT2D eigenvalue weighted by atomic mass is 10.1. The Kier molecular flexibility index (Phi) is 7.26. The molecule has 0 aromatic rings. The van der Waals surface area contributed by atoms with Gasteiger partial charge < -0.3 is 14.9 Å². The summed E-state index contributed by atoms with van der Waals surface area (Å²) < 4.78 is 0. The van der Waals surface area contributed by atoms with E-state index in [1.54, 1.807) is 28.6 Å². The van der Waals surface area contributed by atoms with Crippen molar-refractivity contribution in [2.75, 3.05) is 25.6 Å². The van der Waals surface area contributed by atoms with Gasteiger partial charge in [0, 0.05) is 30.9 Å². The lowest BCUT2D eigenvalue weighted by Gasteiger charge is -2.39. The van der Waals surface area contributed by atoms with Gasteiger partial charge in [0.2, 0.25) is 0 Å². The molecule has 112 valence electrons. The van der Waals surface area contributed by atoms with E-state index in [1.165, 1.54) is 0 Å². The third-order valence-corrected chi connectivity index (χ3v) is 3.78. The number of carboxylic acids is 1. The smallest absolute Gasteiger partial charge is 0.320 e. The second-order valence-corrected chi connectivity index (χ2v) is 6.57. The largest absolute Gasteiger partial charge is 0.481 e. The average molecular weight is 290 g/mol. The summed E-state index contributed by atoms with van der Waals surface area (Å²) in [6, 6.07) is 0.00692. The Morgan fingerprint density at radius 3 is 2.21 bits per heavy atom. The predicted octanol–water partition coefficient (Wildman–Crippen LogP) is 2.36. The normalized spacial score (nSPS) is 12.9. The maximum absolute atomic E-state index is 12.5. The van der Waals surface area contributed by atoms with Gasteiger partial charge in [-0.25, -0.2) is 4.79 Å². The maximum Gasteiger partial charge on any atom is 0.320 e. The van der Waals surface area contributed by atoms with Crippen molar-refractivity contribution in [1.29, 1.82) is 0 Å². The van der Waals surface area contributed by atoms with Crippen LogP contribution in [0.15, 0.2) is 0 Å². The van der Waals surface area contributed by atoms with Crippen molar-refractivity contribution in [2.24, 2.45) is 0 Å². The number of rotatable bonds is 6. The molecule has 2 amide bonds. The Labute approximate surface area is 120 Å². The van der Waals surface area contributed by atoms with Crippen LogP contribution in [0.1, 0.15) is 34.1 Å². The molecular formula is C13H26N2O3S. The first kappa shape index (κ1) is 18.1. The van der Waals surface area contributed by atoms with E-state index in [9.17, 15) is 9.59 Å². The monoisotopic (exact) mass is 290 g/mol. The molecule has 0 aromatic carbocycles. The van der Waals surface area contributed by atoms with Gasteiger partial charge in [-0.1, -0.05) is 0 Å². The molecule has 0 rings (SSSR count). The molecule has 5 nitrogen and oxygen atoms in total. The number of nitrogens with zero attached hydrogens (tertiary/aromatic N) is 2. The highest BCUT2D eigenvalue weighted by Gasteiger charge is 2.30. The molecule has 1 unspecified atom stereocenters. The molecule has 19 heavy (non-hydrogen) atoms. The molecule has 0 aliphatic rings. The molecule has 0 radical (unpaired) electrons. The summed E-state index contributed by atoms with van der Waals surface area (Å²) in [5.41, 5.74) is -0.389. The molecule has 0 aliphatic heterocycles. The first-order valence-electron chi connectivity index (χ1n) is 6.36. The van der Waals surface area contributed by atoms with Crippen LogP contribution in [-0.2, 0) is 4.79 Å². The Hall–Kier alpha value is -0.910. The number of carboxylic acid groups (broad SMARTS) is 1. The lowest BCUT2D eigenvalue weighted by Crippen LogP contribution is -2.53. The second kappa shape index (κ2) is 7.62. The molecule has 0 heterocycles. The van der Waals surface area contributed by atoms with Crippen molar-refractivity contribution in [2.45, 2.75) is 45.7 Å². The Morgan fingerprint density at radius 1 is 1.32 bits per heavy atom. The minimum Gasteiger partial charge on any atom is -0.481 e. The van der Waals surface area contributed by atoms with Crippen molar-refractivity contribution in [3.63, 3.8) is 0 Å². The molecule has 0 saturated carbocycles. The van der Waals surface area contributed by atoms with Crippen LogP contribution in [0, 0.1) is 0 Å². The van der Waals surface area contributed by atoms with Gasteiger partial charge in [-0.05, 0) is 34.0 Å². The van der Waals surface area contributed by atoms with Crippen LogP contribution in [0.4, 0.5) is 4.79 Å². The van der Waals surface area contributed by atoms with Crippen LogP contribution in [0.5, 0.6) is 0 Å². The van der Waals surface area contributed by atoms with Crippen molar-refractivity contribution < 1.29 is 14.7 Å². The zero-order valence-electron chi connectivity index (χ0n) is 12.8. The van der Waals surface area contributed by atoms with Gasteiger partial charge in [0.25, 0.3) is 0 Å². The number of urea groups is 1. The zero-order valence-corrected chi connectivity index (χ0v) is 13.6. The molecule has 0 aliphatic carbocycles. The van der Waals surface area contributed by atoms with Gasteiger partial charge in [-0.15, -0.1) is 0 Å². The molecule has 0 aromatic heterocycles. The molecule has 0 saturated heterocycles. The highest BCUT2D eigenvalue weighted by atomic mass is 32.2. The maximum atomic E-state index is 12.5. The summed E-state index contributed by atoms with van der Waals surface area (Å²) in [5.74, 6) is -0.0269. The highest BCUT2D eigenvalue weighted by molar-refractivity contribution is 7.98. The second-order valence-electron chi connectivity index (χ2n) is 5.66.